The van der Waals surface area contributed by atoms with Gasteiger partial charge in [0, 0.05) is 31.4 Å². The lowest BCUT2D eigenvalue weighted by molar-refractivity contribution is -0.286. The smallest absolute Gasteiger partial charge is 0.395 e. The van der Waals surface area contributed by atoms with Gasteiger partial charge in [-0.15, -0.1) is 8.78 Å². The van der Waals surface area contributed by atoms with Gasteiger partial charge < -0.3 is 24.8 Å². The van der Waals surface area contributed by atoms with E-state index in [9.17, 15) is 8.78 Å². The van der Waals surface area contributed by atoms with Gasteiger partial charge in [0.2, 0.25) is 0 Å². The number of nitrogens with one attached hydrogen (secondary N) is 2. The fourth-order valence-electron chi connectivity index (χ4n) is 2.53. The van der Waals surface area contributed by atoms with Crippen molar-refractivity contribution in [2.24, 2.45) is 0 Å². The summed E-state index contributed by atoms with van der Waals surface area (Å²) in [6.07, 6.45) is -2.66. The number of hydrogen-bond donors (Lipinski definition) is 2. The number of halogens is 2. The minimum Gasteiger partial charge on any atom is -0.395 e. The van der Waals surface area contributed by atoms with E-state index in [1.165, 1.54) is 12.1 Å². The first-order valence-electron chi connectivity index (χ1n) is 7.77. The molecular formula is C15H19F2N3O3S. The maximum Gasteiger partial charge on any atom is 0.586 e. The molecule has 0 unspecified atom stereocenters. The van der Waals surface area contributed by atoms with Gasteiger partial charge in [0.1, 0.15) is 0 Å². The zero-order chi connectivity index (χ0) is 17.0. The molecule has 2 aliphatic rings. The van der Waals surface area contributed by atoms with Gasteiger partial charge in [0.15, 0.2) is 16.6 Å². The minimum absolute atomic E-state index is 0.00920. The van der Waals surface area contributed by atoms with Crippen molar-refractivity contribution >= 4 is 23.0 Å². The first kappa shape index (κ1) is 17.1. The Morgan fingerprint density at radius 2 is 1.96 bits per heavy atom. The van der Waals surface area contributed by atoms with Crippen LogP contribution in [0.5, 0.6) is 11.5 Å². The normalized spacial score (nSPS) is 19.1. The van der Waals surface area contributed by atoms with Gasteiger partial charge in [-0.25, -0.2) is 0 Å². The summed E-state index contributed by atoms with van der Waals surface area (Å²) in [5.74, 6) is -0.00458. The summed E-state index contributed by atoms with van der Waals surface area (Å²) in [7, 11) is 0. The molecule has 3 rings (SSSR count). The monoisotopic (exact) mass is 359 g/mol. The molecule has 0 aromatic heterocycles. The van der Waals surface area contributed by atoms with Gasteiger partial charge in [0.25, 0.3) is 0 Å². The fraction of sp³-hybridized carbons (Fsp3) is 0.533. The molecule has 6 nitrogen and oxygen atoms in total. The Morgan fingerprint density at radius 3 is 2.75 bits per heavy atom. The number of anilines is 1. The number of ether oxygens (including phenoxy) is 3. The molecule has 0 atom stereocenters. The van der Waals surface area contributed by atoms with Crippen LogP contribution in [0, 0.1) is 0 Å². The second-order valence-electron chi connectivity index (χ2n) is 5.52. The highest BCUT2D eigenvalue weighted by Crippen LogP contribution is 2.42. The molecule has 132 valence electrons. The third kappa shape index (κ3) is 4.65. The zero-order valence-corrected chi connectivity index (χ0v) is 13.8. The van der Waals surface area contributed by atoms with Gasteiger partial charge in [-0.3, -0.25) is 4.90 Å². The Bertz CT molecular complexity index is 597. The Balaban J connectivity index is 1.39. The largest absolute Gasteiger partial charge is 0.586 e. The number of thiocarbonyl (C=S) groups is 1. The first-order valence-corrected chi connectivity index (χ1v) is 8.17. The Labute approximate surface area is 144 Å². The predicted molar refractivity (Wildman–Crippen MR) is 88.7 cm³/mol. The van der Waals surface area contributed by atoms with Crippen LogP contribution in [0.2, 0.25) is 0 Å². The molecule has 0 radical (unpaired) electrons. The van der Waals surface area contributed by atoms with Crippen molar-refractivity contribution in [1.29, 1.82) is 0 Å². The fourth-order valence-corrected chi connectivity index (χ4v) is 2.75. The second-order valence-corrected chi connectivity index (χ2v) is 5.93. The highest BCUT2D eigenvalue weighted by molar-refractivity contribution is 7.80. The van der Waals surface area contributed by atoms with E-state index in [1.807, 2.05) is 0 Å². The van der Waals surface area contributed by atoms with Gasteiger partial charge in [0.05, 0.1) is 13.2 Å². The molecule has 2 aliphatic heterocycles. The van der Waals surface area contributed by atoms with Crippen LogP contribution in [-0.2, 0) is 4.74 Å². The van der Waals surface area contributed by atoms with Crippen LogP contribution < -0.4 is 20.1 Å². The zero-order valence-electron chi connectivity index (χ0n) is 13.0. The van der Waals surface area contributed by atoms with E-state index in [1.54, 1.807) is 6.07 Å². The van der Waals surface area contributed by atoms with Crippen LogP contribution in [0.1, 0.15) is 6.42 Å². The molecule has 0 aliphatic carbocycles. The molecule has 0 amide bonds. The third-order valence-electron chi connectivity index (χ3n) is 3.70. The highest BCUT2D eigenvalue weighted by atomic mass is 32.1. The molecule has 2 heterocycles. The van der Waals surface area contributed by atoms with Gasteiger partial charge in [-0.1, -0.05) is 0 Å². The van der Waals surface area contributed by atoms with Crippen LogP contribution in [0.4, 0.5) is 14.5 Å². The van der Waals surface area contributed by atoms with Crippen LogP contribution in [0.25, 0.3) is 0 Å². The Hall–Kier alpha value is -1.71. The Morgan fingerprint density at radius 1 is 1.21 bits per heavy atom. The number of morpholine rings is 1. The third-order valence-corrected chi connectivity index (χ3v) is 3.95. The van der Waals surface area contributed by atoms with Crippen molar-refractivity contribution in [1.82, 2.24) is 10.2 Å². The van der Waals surface area contributed by atoms with E-state index in [-0.39, 0.29) is 11.5 Å². The number of hydrogen-bond acceptors (Lipinski definition) is 5. The van der Waals surface area contributed by atoms with E-state index in [0.29, 0.717) is 10.8 Å². The standard InChI is InChI=1S/C15H19F2N3O3S/c16-15(17)22-12-3-2-11(10-13(12)23-15)19-14(24)18-4-1-5-20-6-8-21-9-7-20/h2-3,10H,1,4-9H2,(H2,18,19,24). The lowest BCUT2D eigenvalue weighted by Gasteiger charge is -2.26. The van der Waals surface area contributed by atoms with E-state index in [2.05, 4.69) is 25.0 Å². The maximum atomic E-state index is 13.0. The van der Waals surface area contributed by atoms with E-state index in [4.69, 9.17) is 17.0 Å². The molecule has 0 spiro atoms. The van der Waals surface area contributed by atoms with Crippen LogP contribution in [0.15, 0.2) is 18.2 Å². The molecule has 9 heteroatoms. The lowest BCUT2D eigenvalue weighted by Crippen LogP contribution is -2.38. The molecule has 1 aromatic carbocycles. The summed E-state index contributed by atoms with van der Waals surface area (Å²) in [5.41, 5.74) is 0.556. The van der Waals surface area contributed by atoms with E-state index >= 15 is 0 Å². The molecule has 0 saturated carbocycles. The number of rotatable bonds is 5. The van der Waals surface area contributed by atoms with Crippen molar-refractivity contribution in [3.05, 3.63) is 18.2 Å². The van der Waals surface area contributed by atoms with Gasteiger partial charge in [-0.05, 0) is 37.3 Å². The topological polar surface area (TPSA) is 55.0 Å². The molecule has 1 aromatic rings. The summed E-state index contributed by atoms with van der Waals surface area (Å²) >= 11 is 5.20. The quantitative estimate of drug-likeness (QED) is 0.616. The van der Waals surface area contributed by atoms with E-state index < -0.39 is 6.29 Å². The summed E-state index contributed by atoms with van der Waals surface area (Å²) in [6.45, 7) is 5.21. The molecule has 1 fully saturated rings. The van der Waals surface area contributed by atoms with E-state index in [0.717, 1.165) is 45.8 Å². The van der Waals surface area contributed by atoms with Crippen LogP contribution in [-0.4, -0.2) is 55.7 Å². The van der Waals surface area contributed by atoms with Crippen LogP contribution >= 0.6 is 12.2 Å². The lowest BCUT2D eigenvalue weighted by atomic mass is 10.3. The predicted octanol–water partition coefficient (Wildman–Crippen LogP) is 2.02. The average Bonchev–Trinajstić information content (AvgIpc) is 2.86. The van der Waals surface area contributed by atoms with Crippen molar-refractivity contribution < 1.29 is 23.0 Å². The van der Waals surface area contributed by atoms with Gasteiger partial charge in [-0.2, -0.15) is 0 Å². The minimum atomic E-state index is -3.61. The SMILES string of the molecule is FC1(F)Oc2ccc(NC(=S)NCCCN3CCOCC3)cc2O1. The van der Waals surface area contributed by atoms with Crippen molar-refractivity contribution in [2.45, 2.75) is 12.7 Å². The second kappa shape index (κ2) is 7.45. The first-order chi connectivity index (χ1) is 11.5. The number of benzene rings is 1. The molecule has 1 saturated heterocycles. The van der Waals surface area contributed by atoms with Crippen molar-refractivity contribution in [3.63, 3.8) is 0 Å². The molecule has 2 N–H and O–H groups in total. The van der Waals surface area contributed by atoms with Crippen molar-refractivity contribution in [2.75, 3.05) is 44.7 Å². The Kier molecular flexibility index (Phi) is 5.32. The summed E-state index contributed by atoms with van der Waals surface area (Å²) in [6, 6.07) is 4.45. The maximum absolute atomic E-state index is 13.0. The van der Waals surface area contributed by atoms with Crippen molar-refractivity contribution in [3.8, 4) is 11.5 Å². The molecular weight excluding hydrogens is 340 g/mol. The molecule has 0 bridgehead atoms. The number of alkyl halides is 2. The number of nitrogens with zero attached hydrogens (tertiary/aromatic N) is 1. The average molecular weight is 359 g/mol. The molecule has 24 heavy (non-hydrogen) atoms. The number of fused-ring (bicyclic) bond motifs is 1. The van der Waals surface area contributed by atoms with Crippen LogP contribution in [0.3, 0.4) is 0 Å². The summed E-state index contributed by atoms with van der Waals surface area (Å²) in [4.78, 5) is 2.35. The van der Waals surface area contributed by atoms with Gasteiger partial charge >= 0.3 is 6.29 Å². The summed E-state index contributed by atoms with van der Waals surface area (Å²) < 4.78 is 40.0. The highest BCUT2D eigenvalue weighted by Gasteiger charge is 2.43. The summed E-state index contributed by atoms with van der Waals surface area (Å²) in [5, 5.41) is 6.47.